The molecule has 0 amide bonds. The first-order chi connectivity index (χ1) is 7.42. The van der Waals surface area contributed by atoms with Gasteiger partial charge in [0.15, 0.2) is 0 Å². The number of allylic oxidation sites excluding steroid dienone is 1. The summed E-state index contributed by atoms with van der Waals surface area (Å²) in [5, 5.41) is 3.23. The van der Waals surface area contributed by atoms with Gasteiger partial charge < -0.3 is 10.1 Å². The highest BCUT2D eigenvalue weighted by Crippen LogP contribution is 2.23. The van der Waals surface area contributed by atoms with Crippen LogP contribution in [0, 0.1) is 0 Å². The highest BCUT2D eigenvalue weighted by molar-refractivity contribution is 5.19. The van der Waals surface area contributed by atoms with Crippen molar-refractivity contribution in [2.75, 3.05) is 13.7 Å². The highest BCUT2D eigenvalue weighted by Gasteiger charge is 2.18. The molecule has 1 aromatic rings. The molecule has 0 aromatic carbocycles. The zero-order valence-corrected chi connectivity index (χ0v) is 8.94. The van der Waals surface area contributed by atoms with Crippen molar-refractivity contribution < 1.29 is 4.74 Å². The molecular weight excluding hydrogens is 188 g/mol. The van der Waals surface area contributed by atoms with Crippen molar-refractivity contribution in [3.8, 4) is 0 Å². The van der Waals surface area contributed by atoms with E-state index in [4.69, 9.17) is 4.74 Å². The fourth-order valence-electron chi connectivity index (χ4n) is 1.76. The second-order valence-electron chi connectivity index (χ2n) is 3.57. The summed E-state index contributed by atoms with van der Waals surface area (Å²) < 4.78 is 5.64. The molecule has 1 unspecified atom stereocenters. The molecule has 0 aliphatic carbocycles. The Hall–Kier alpha value is -1.35. The van der Waals surface area contributed by atoms with Gasteiger partial charge in [-0.3, -0.25) is 4.98 Å². The van der Waals surface area contributed by atoms with Crippen molar-refractivity contribution in [3.05, 3.63) is 41.9 Å². The van der Waals surface area contributed by atoms with Gasteiger partial charge >= 0.3 is 0 Å². The van der Waals surface area contributed by atoms with Gasteiger partial charge in [0.25, 0.3) is 0 Å². The Morgan fingerprint density at radius 2 is 2.40 bits per heavy atom. The van der Waals surface area contributed by atoms with Crippen molar-refractivity contribution in [2.24, 2.45) is 0 Å². The highest BCUT2D eigenvalue weighted by atomic mass is 16.5. The number of hydrogen-bond acceptors (Lipinski definition) is 3. The van der Waals surface area contributed by atoms with Crippen LogP contribution in [-0.4, -0.2) is 18.6 Å². The van der Waals surface area contributed by atoms with Gasteiger partial charge in [-0.2, -0.15) is 0 Å². The third-order valence-electron chi connectivity index (χ3n) is 2.52. The Morgan fingerprint density at radius 1 is 1.47 bits per heavy atom. The lowest BCUT2D eigenvalue weighted by Gasteiger charge is -2.22. The van der Waals surface area contributed by atoms with E-state index in [0.29, 0.717) is 0 Å². The van der Waals surface area contributed by atoms with Gasteiger partial charge in [-0.1, -0.05) is 6.07 Å². The largest absolute Gasteiger partial charge is 0.496 e. The smallest absolute Gasteiger partial charge is 0.115 e. The van der Waals surface area contributed by atoms with Gasteiger partial charge in [0.2, 0.25) is 0 Å². The lowest BCUT2D eigenvalue weighted by atomic mass is 10.1. The molecule has 1 aliphatic heterocycles. The number of hydrogen-bond donors (Lipinski definition) is 1. The van der Waals surface area contributed by atoms with Crippen LogP contribution in [0.2, 0.25) is 0 Å². The zero-order valence-electron chi connectivity index (χ0n) is 8.94. The van der Waals surface area contributed by atoms with Crippen LogP contribution in [0.5, 0.6) is 0 Å². The number of ether oxygens (including phenoxy) is 1. The maximum atomic E-state index is 5.64. The molecule has 3 nitrogen and oxygen atoms in total. The minimum absolute atomic E-state index is 0.0894. The molecule has 0 saturated heterocycles. The van der Waals surface area contributed by atoms with E-state index in [1.165, 1.54) is 0 Å². The summed E-state index contributed by atoms with van der Waals surface area (Å²) >= 11 is 0. The van der Waals surface area contributed by atoms with Crippen LogP contribution in [0.25, 0.3) is 0 Å². The summed E-state index contributed by atoms with van der Waals surface area (Å²) in [7, 11) is 1.93. The lowest BCUT2D eigenvalue weighted by molar-refractivity contribution is 0.169. The van der Waals surface area contributed by atoms with Gasteiger partial charge in [-0.05, 0) is 38.1 Å². The molecule has 80 valence electrons. The fraction of sp³-hybridized carbons (Fsp3) is 0.417. The van der Waals surface area contributed by atoms with Gasteiger partial charge in [-0.15, -0.1) is 0 Å². The Kier molecular flexibility index (Phi) is 3.35. The molecule has 1 aromatic heterocycles. The van der Waals surface area contributed by atoms with E-state index in [9.17, 15) is 0 Å². The fourth-order valence-corrected chi connectivity index (χ4v) is 1.76. The SMILES string of the molecule is CNC(C1=CCCCO1)c1ccccn1. The molecule has 1 aliphatic rings. The first-order valence-electron chi connectivity index (χ1n) is 5.33. The van der Waals surface area contributed by atoms with E-state index in [0.717, 1.165) is 30.9 Å². The Balaban J connectivity index is 2.20. The Labute approximate surface area is 90.2 Å². The molecule has 0 spiro atoms. The number of aromatic nitrogens is 1. The van der Waals surface area contributed by atoms with Gasteiger partial charge in [0.1, 0.15) is 11.8 Å². The maximum Gasteiger partial charge on any atom is 0.115 e. The number of nitrogens with zero attached hydrogens (tertiary/aromatic N) is 1. The topological polar surface area (TPSA) is 34.1 Å². The normalized spacial score (nSPS) is 17.8. The van der Waals surface area contributed by atoms with Crippen LogP contribution in [0.1, 0.15) is 24.6 Å². The third-order valence-corrected chi connectivity index (χ3v) is 2.52. The van der Waals surface area contributed by atoms with E-state index in [1.807, 2.05) is 31.4 Å². The molecule has 1 N–H and O–H groups in total. The minimum Gasteiger partial charge on any atom is -0.496 e. The van der Waals surface area contributed by atoms with Crippen molar-refractivity contribution in [1.82, 2.24) is 10.3 Å². The number of rotatable bonds is 3. The Bertz CT molecular complexity index is 335. The molecule has 0 radical (unpaired) electrons. The summed E-state index contributed by atoms with van der Waals surface area (Å²) in [6.07, 6.45) is 6.17. The van der Waals surface area contributed by atoms with Crippen LogP contribution in [-0.2, 0) is 4.74 Å². The molecule has 2 heterocycles. The summed E-state index contributed by atoms with van der Waals surface area (Å²) in [4.78, 5) is 4.34. The molecule has 2 rings (SSSR count). The first kappa shape index (κ1) is 10.2. The van der Waals surface area contributed by atoms with Crippen LogP contribution in [0.3, 0.4) is 0 Å². The summed E-state index contributed by atoms with van der Waals surface area (Å²) in [6.45, 7) is 0.816. The predicted molar refractivity (Wildman–Crippen MR) is 59.3 cm³/mol. The van der Waals surface area contributed by atoms with Crippen LogP contribution >= 0.6 is 0 Å². The summed E-state index contributed by atoms with van der Waals surface area (Å²) in [6, 6.07) is 6.02. The van der Waals surface area contributed by atoms with Crippen LogP contribution < -0.4 is 5.32 Å². The molecule has 15 heavy (non-hydrogen) atoms. The number of likely N-dealkylation sites (N-methyl/N-ethyl adjacent to an activating group) is 1. The zero-order chi connectivity index (χ0) is 10.5. The van der Waals surface area contributed by atoms with Gasteiger partial charge in [0, 0.05) is 6.20 Å². The average Bonchev–Trinajstić information content (AvgIpc) is 2.33. The predicted octanol–water partition coefficient (Wildman–Crippen LogP) is 2.04. The second kappa shape index (κ2) is 4.94. The number of nitrogens with one attached hydrogen (secondary N) is 1. The van der Waals surface area contributed by atoms with E-state index in [2.05, 4.69) is 16.4 Å². The quantitative estimate of drug-likeness (QED) is 0.818. The monoisotopic (exact) mass is 204 g/mol. The maximum absolute atomic E-state index is 5.64. The first-order valence-corrected chi connectivity index (χ1v) is 5.33. The molecular formula is C12H16N2O. The summed E-state index contributed by atoms with van der Waals surface area (Å²) in [5.41, 5.74) is 1.01. The van der Waals surface area contributed by atoms with E-state index < -0.39 is 0 Å². The number of pyridine rings is 1. The van der Waals surface area contributed by atoms with Crippen LogP contribution in [0.4, 0.5) is 0 Å². The molecule has 0 fully saturated rings. The lowest BCUT2D eigenvalue weighted by Crippen LogP contribution is -2.22. The van der Waals surface area contributed by atoms with Crippen molar-refractivity contribution >= 4 is 0 Å². The van der Waals surface area contributed by atoms with Crippen molar-refractivity contribution in [2.45, 2.75) is 18.9 Å². The average molecular weight is 204 g/mol. The molecule has 3 heteroatoms. The molecule has 1 atom stereocenters. The van der Waals surface area contributed by atoms with Crippen molar-refractivity contribution in [1.29, 1.82) is 0 Å². The standard InChI is InChI=1S/C12H16N2O/c1-13-12(10-6-2-4-8-14-10)11-7-3-5-9-15-11/h2,4,6-8,12-13H,3,5,9H2,1H3. The van der Waals surface area contributed by atoms with Crippen LogP contribution in [0.15, 0.2) is 36.2 Å². The second-order valence-corrected chi connectivity index (χ2v) is 3.57. The van der Waals surface area contributed by atoms with Gasteiger partial charge in [0.05, 0.1) is 12.3 Å². The minimum atomic E-state index is 0.0894. The van der Waals surface area contributed by atoms with E-state index in [1.54, 1.807) is 0 Å². The Morgan fingerprint density at radius 3 is 3.00 bits per heavy atom. The van der Waals surface area contributed by atoms with E-state index in [-0.39, 0.29) is 6.04 Å². The third kappa shape index (κ3) is 2.36. The molecule has 0 saturated carbocycles. The van der Waals surface area contributed by atoms with Crippen molar-refractivity contribution in [3.63, 3.8) is 0 Å². The summed E-state index contributed by atoms with van der Waals surface area (Å²) in [5.74, 6) is 1.00. The van der Waals surface area contributed by atoms with Gasteiger partial charge in [-0.25, -0.2) is 0 Å². The van der Waals surface area contributed by atoms with E-state index >= 15 is 0 Å². The molecule has 0 bridgehead atoms.